The van der Waals surface area contributed by atoms with Crippen molar-refractivity contribution < 1.29 is 20.1 Å². The van der Waals surface area contributed by atoms with Crippen LogP contribution < -0.4 is 5.32 Å². The third kappa shape index (κ3) is 3.02. The zero-order valence-corrected chi connectivity index (χ0v) is 9.95. The fourth-order valence-corrected chi connectivity index (χ4v) is 1.64. The third-order valence-electron chi connectivity index (χ3n) is 2.61. The standard InChI is InChI=1S/C14H13NO4/c16-10-6-7-11(12(17)8-10)14(19)15-13(18)9-4-2-1-3-5-9/h1-8,14,16-17,19H,(H,15,18). The van der Waals surface area contributed by atoms with Crippen LogP contribution in [0.1, 0.15) is 22.1 Å². The number of carbonyl (C=O) groups is 1. The molecule has 4 N–H and O–H groups in total. The van der Waals surface area contributed by atoms with Gasteiger partial charge in [0.2, 0.25) is 0 Å². The van der Waals surface area contributed by atoms with Gasteiger partial charge < -0.3 is 20.6 Å². The fourth-order valence-electron chi connectivity index (χ4n) is 1.64. The summed E-state index contributed by atoms with van der Waals surface area (Å²) >= 11 is 0. The summed E-state index contributed by atoms with van der Waals surface area (Å²) in [5.74, 6) is -0.871. The van der Waals surface area contributed by atoms with Crippen molar-refractivity contribution in [2.45, 2.75) is 6.23 Å². The molecule has 2 aromatic rings. The molecule has 0 radical (unpaired) electrons. The minimum Gasteiger partial charge on any atom is -0.508 e. The highest BCUT2D eigenvalue weighted by Gasteiger charge is 2.16. The topological polar surface area (TPSA) is 89.8 Å². The number of aliphatic hydroxyl groups excluding tert-OH is 1. The number of aliphatic hydroxyl groups is 1. The van der Waals surface area contributed by atoms with Crippen LogP contribution in [0.25, 0.3) is 0 Å². The van der Waals surface area contributed by atoms with E-state index in [2.05, 4.69) is 5.32 Å². The third-order valence-corrected chi connectivity index (χ3v) is 2.61. The molecule has 0 spiro atoms. The van der Waals surface area contributed by atoms with Crippen LogP contribution in [0.4, 0.5) is 0 Å². The molecule has 0 aliphatic rings. The fraction of sp³-hybridized carbons (Fsp3) is 0.0714. The largest absolute Gasteiger partial charge is 0.508 e. The van der Waals surface area contributed by atoms with E-state index in [1.54, 1.807) is 30.3 Å². The van der Waals surface area contributed by atoms with E-state index in [0.717, 1.165) is 6.07 Å². The van der Waals surface area contributed by atoms with Gasteiger partial charge in [-0.05, 0) is 24.3 Å². The van der Waals surface area contributed by atoms with Gasteiger partial charge in [-0.2, -0.15) is 0 Å². The Morgan fingerprint density at radius 2 is 1.74 bits per heavy atom. The first kappa shape index (κ1) is 12.9. The smallest absolute Gasteiger partial charge is 0.253 e. The SMILES string of the molecule is O=C(NC(O)c1ccc(O)cc1O)c1ccccc1. The Morgan fingerprint density at radius 3 is 2.37 bits per heavy atom. The number of rotatable bonds is 3. The van der Waals surface area contributed by atoms with Gasteiger partial charge in [0.15, 0.2) is 6.23 Å². The molecule has 0 aromatic heterocycles. The van der Waals surface area contributed by atoms with Crippen LogP contribution >= 0.6 is 0 Å². The molecule has 0 heterocycles. The second kappa shape index (κ2) is 5.41. The second-order valence-corrected chi connectivity index (χ2v) is 3.99. The Labute approximate surface area is 109 Å². The summed E-state index contributed by atoms with van der Waals surface area (Å²) in [6.45, 7) is 0. The van der Waals surface area contributed by atoms with Crippen molar-refractivity contribution in [2.75, 3.05) is 0 Å². The summed E-state index contributed by atoms with van der Waals surface area (Å²) in [6.07, 6.45) is -1.35. The van der Waals surface area contributed by atoms with Gasteiger partial charge >= 0.3 is 0 Å². The Morgan fingerprint density at radius 1 is 1.05 bits per heavy atom. The number of amides is 1. The number of nitrogens with one attached hydrogen (secondary N) is 1. The van der Waals surface area contributed by atoms with Crippen molar-refractivity contribution in [1.29, 1.82) is 0 Å². The van der Waals surface area contributed by atoms with Gasteiger partial charge in [0.1, 0.15) is 11.5 Å². The highest BCUT2D eigenvalue weighted by atomic mass is 16.3. The van der Waals surface area contributed by atoms with Crippen molar-refractivity contribution in [3.05, 3.63) is 59.7 Å². The quantitative estimate of drug-likeness (QED) is 0.629. The van der Waals surface area contributed by atoms with Crippen LogP contribution in [0, 0.1) is 0 Å². The number of phenolic OH excluding ortho intramolecular Hbond substituents is 2. The average molecular weight is 259 g/mol. The normalized spacial score (nSPS) is 11.8. The van der Waals surface area contributed by atoms with Crippen LogP contribution in [0.15, 0.2) is 48.5 Å². The molecule has 1 amide bonds. The van der Waals surface area contributed by atoms with E-state index in [4.69, 9.17) is 5.11 Å². The van der Waals surface area contributed by atoms with Crippen LogP contribution in [0.3, 0.4) is 0 Å². The number of hydrogen-bond donors (Lipinski definition) is 4. The van der Waals surface area contributed by atoms with Gasteiger partial charge in [-0.3, -0.25) is 4.79 Å². The first-order valence-electron chi connectivity index (χ1n) is 5.64. The van der Waals surface area contributed by atoms with Crippen LogP contribution in [-0.2, 0) is 0 Å². The van der Waals surface area contributed by atoms with Gasteiger partial charge in [0.25, 0.3) is 5.91 Å². The summed E-state index contributed by atoms with van der Waals surface area (Å²) in [7, 11) is 0. The lowest BCUT2D eigenvalue weighted by molar-refractivity contribution is 0.0779. The number of carbonyl (C=O) groups excluding carboxylic acids is 1. The highest BCUT2D eigenvalue weighted by molar-refractivity contribution is 5.94. The van der Waals surface area contributed by atoms with Gasteiger partial charge in [-0.25, -0.2) is 0 Å². The van der Waals surface area contributed by atoms with E-state index in [-0.39, 0.29) is 17.1 Å². The highest BCUT2D eigenvalue weighted by Crippen LogP contribution is 2.26. The maximum absolute atomic E-state index is 11.8. The van der Waals surface area contributed by atoms with E-state index in [9.17, 15) is 15.0 Å². The molecule has 1 atom stereocenters. The van der Waals surface area contributed by atoms with E-state index in [0.29, 0.717) is 5.56 Å². The molecule has 0 saturated heterocycles. The number of phenols is 2. The lowest BCUT2D eigenvalue weighted by Crippen LogP contribution is -2.28. The van der Waals surface area contributed by atoms with Crippen molar-refractivity contribution in [3.63, 3.8) is 0 Å². The zero-order valence-electron chi connectivity index (χ0n) is 9.95. The lowest BCUT2D eigenvalue weighted by Gasteiger charge is -2.14. The van der Waals surface area contributed by atoms with Gasteiger partial charge in [0, 0.05) is 17.2 Å². The molecule has 0 aliphatic heterocycles. The molecule has 5 nitrogen and oxygen atoms in total. The maximum Gasteiger partial charge on any atom is 0.253 e. The average Bonchev–Trinajstić information content (AvgIpc) is 2.39. The van der Waals surface area contributed by atoms with Crippen molar-refractivity contribution in [3.8, 4) is 11.5 Å². The minimum atomic E-state index is -1.35. The van der Waals surface area contributed by atoms with Crippen LogP contribution in [-0.4, -0.2) is 21.2 Å². The molecule has 2 aromatic carbocycles. The summed E-state index contributed by atoms with van der Waals surface area (Å²) in [5, 5.41) is 30.9. The summed E-state index contributed by atoms with van der Waals surface area (Å²) < 4.78 is 0. The molecule has 0 bridgehead atoms. The number of benzene rings is 2. The van der Waals surface area contributed by atoms with Gasteiger partial charge in [0.05, 0.1) is 0 Å². The molecule has 19 heavy (non-hydrogen) atoms. The number of hydrogen-bond acceptors (Lipinski definition) is 4. The molecule has 2 rings (SSSR count). The Balaban J connectivity index is 2.13. The molecular weight excluding hydrogens is 246 g/mol. The first-order chi connectivity index (χ1) is 9.08. The van der Waals surface area contributed by atoms with Gasteiger partial charge in [-0.1, -0.05) is 18.2 Å². The molecule has 0 saturated carbocycles. The van der Waals surface area contributed by atoms with Gasteiger partial charge in [-0.15, -0.1) is 0 Å². The van der Waals surface area contributed by atoms with Crippen molar-refractivity contribution in [1.82, 2.24) is 5.32 Å². The van der Waals surface area contributed by atoms with Crippen molar-refractivity contribution in [2.24, 2.45) is 0 Å². The maximum atomic E-state index is 11.8. The van der Waals surface area contributed by atoms with Crippen molar-refractivity contribution >= 4 is 5.91 Å². The zero-order chi connectivity index (χ0) is 13.8. The monoisotopic (exact) mass is 259 g/mol. The predicted octanol–water partition coefficient (Wildman–Crippen LogP) is 1.52. The minimum absolute atomic E-state index is 0.113. The predicted molar refractivity (Wildman–Crippen MR) is 68.6 cm³/mol. The number of aromatic hydroxyl groups is 2. The second-order valence-electron chi connectivity index (χ2n) is 3.99. The van der Waals surface area contributed by atoms with E-state index in [1.807, 2.05) is 0 Å². The Kier molecular flexibility index (Phi) is 3.68. The molecule has 0 fully saturated rings. The lowest BCUT2D eigenvalue weighted by atomic mass is 10.1. The molecule has 5 heteroatoms. The van der Waals surface area contributed by atoms with E-state index < -0.39 is 12.1 Å². The summed E-state index contributed by atoms with van der Waals surface area (Å²) in [5.41, 5.74) is 0.516. The van der Waals surface area contributed by atoms with E-state index >= 15 is 0 Å². The molecule has 0 aliphatic carbocycles. The summed E-state index contributed by atoms with van der Waals surface area (Å²) in [4.78, 5) is 11.8. The van der Waals surface area contributed by atoms with Crippen LogP contribution in [0.5, 0.6) is 11.5 Å². The van der Waals surface area contributed by atoms with Crippen LogP contribution in [0.2, 0.25) is 0 Å². The molecular formula is C14H13NO4. The van der Waals surface area contributed by atoms with E-state index in [1.165, 1.54) is 12.1 Å². The Hall–Kier alpha value is -2.53. The first-order valence-corrected chi connectivity index (χ1v) is 5.64. The molecule has 1 unspecified atom stereocenters. The molecule has 98 valence electrons. The summed E-state index contributed by atoms with van der Waals surface area (Å²) in [6, 6.07) is 12.1. The Bertz CT molecular complexity index is 583.